The van der Waals surface area contributed by atoms with Crippen LogP contribution in [0.5, 0.6) is 0 Å². The van der Waals surface area contributed by atoms with E-state index in [1.165, 1.54) is 14.2 Å². The quantitative estimate of drug-likeness (QED) is 0.596. The van der Waals surface area contributed by atoms with E-state index in [4.69, 9.17) is 9.47 Å². The van der Waals surface area contributed by atoms with Crippen LogP contribution in [0.1, 0.15) is 32.3 Å². The van der Waals surface area contributed by atoms with E-state index in [0.717, 1.165) is 24.0 Å². The van der Waals surface area contributed by atoms with Gasteiger partial charge < -0.3 is 9.47 Å². The summed E-state index contributed by atoms with van der Waals surface area (Å²) in [5.74, 6) is -2.25. The van der Waals surface area contributed by atoms with Crippen molar-refractivity contribution in [2.45, 2.75) is 26.7 Å². The van der Waals surface area contributed by atoms with Gasteiger partial charge in [-0.3, -0.25) is 9.59 Å². The van der Waals surface area contributed by atoms with Crippen LogP contribution < -0.4 is 0 Å². The largest absolute Gasteiger partial charge is 0.468 e. The van der Waals surface area contributed by atoms with Gasteiger partial charge >= 0.3 is 11.9 Å². The highest BCUT2D eigenvalue weighted by Crippen LogP contribution is 2.31. The summed E-state index contributed by atoms with van der Waals surface area (Å²) in [5.41, 5.74) is 2.50. The van der Waals surface area contributed by atoms with Crippen molar-refractivity contribution < 1.29 is 19.1 Å². The van der Waals surface area contributed by atoms with Gasteiger partial charge in [0.2, 0.25) is 0 Å². The minimum absolute atomic E-state index is 0.601. The fourth-order valence-corrected chi connectivity index (χ4v) is 2.35. The molecule has 1 aromatic rings. The summed E-state index contributed by atoms with van der Waals surface area (Å²) in [6.45, 7) is 3.99. The Hall–Kier alpha value is -2.10. The zero-order valence-corrected chi connectivity index (χ0v) is 13.0. The average Bonchev–Trinajstić information content (AvgIpc) is 2.52. The molecule has 0 unspecified atom stereocenters. The molecule has 0 aliphatic heterocycles. The van der Waals surface area contributed by atoms with Crippen molar-refractivity contribution in [3.05, 3.63) is 41.5 Å². The van der Waals surface area contributed by atoms with Gasteiger partial charge in [0.05, 0.1) is 14.2 Å². The molecule has 1 rings (SSSR count). The number of esters is 2. The van der Waals surface area contributed by atoms with Crippen LogP contribution >= 0.6 is 0 Å². The molecule has 0 aliphatic carbocycles. The maximum Gasteiger partial charge on any atom is 0.324 e. The number of carbonyl (C=O) groups excluding carboxylic acids is 2. The highest BCUT2D eigenvalue weighted by Gasteiger charge is 2.34. The Labute approximate surface area is 125 Å². The number of benzene rings is 1. The van der Waals surface area contributed by atoms with E-state index < -0.39 is 17.9 Å². The normalized spacial score (nSPS) is 11.9. The number of hydrogen-bond donors (Lipinski definition) is 0. The molecule has 0 spiro atoms. The molecule has 0 radical (unpaired) electrons. The lowest BCUT2D eigenvalue weighted by atomic mass is 9.87. The molecule has 114 valence electrons. The van der Waals surface area contributed by atoms with Crippen LogP contribution in [-0.4, -0.2) is 26.2 Å². The molecule has 0 aliphatic rings. The van der Waals surface area contributed by atoms with Crippen molar-refractivity contribution in [3.8, 4) is 0 Å². The molecular formula is C17H22O4. The third kappa shape index (κ3) is 4.18. The van der Waals surface area contributed by atoms with E-state index >= 15 is 0 Å². The molecule has 21 heavy (non-hydrogen) atoms. The van der Waals surface area contributed by atoms with Gasteiger partial charge in [-0.25, -0.2) is 0 Å². The Morgan fingerprint density at radius 2 is 1.57 bits per heavy atom. The van der Waals surface area contributed by atoms with Crippen LogP contribution in [0.4, 0.5) is 0 Å². The Morgan fingerprint density at radius 1 is 1.05 bits per heavy atom. The summed E-state index contributed by atoms with van der Waals surface area (Å²) in [4.78, 5) is 24.2. The van der Waals surface area contributed by atoms with Crippen molar-refractivity contribution in [1.82, 2.24) is 0 Å². The second-order valence-corrected chi connectivity index (χ2v) is 4.79. The van der Waals surface area contributed by atoms with Crippen LogP contribution in [-0.2, 0) is 19.1 Å². The molecule has 0 N–H and O–H groups in total. The molecule has 4 nitrogen and oxygen atoms in total. The molecular weight excluding hydrogens is 268 g/mol. The number of rotatable bonds is 6. The van der Waals surface area contributed by atoms with E-state index in [1.807, 2.05) is 37.3 Å². The zero-order valence-electron chi connectivity index (χ0n) is 13.0. The van der Waals surface area contributed by atoms with Crippen molar-refractivity contribution in [1.29, 1.82) is 0 Å². The summed E-state index contributed by atoms with van der Waals surface area (Å²) in [7, 11) is 2.55. The second-order valence-electron chi connectivity index (χ2n) is 4.79. The molecule has 0 amide bonds. The zero-order chi connectivity index (χ0) is 15.8. The van der Waals surface area contributed by atoms with E-state index in [0.29, 0.717) is 5.57 Å². The number of hydrogen-bond acceptors (Lipinski definition) is 4. The van der Waals surface area contributed by atoms with Crippen molar-refractivity contribution in [2.75, 3.05) is 14.2 Å². The van der Waals surface area contributed by atoms with Crippen molar-refractivity contribution in [3.63, 3.8) is 0 Å². The molecule has 4 heteroatoms. The fraction of sp³-hybridized carbons (Fsp3) is 0.412. The van der Waals surface area contributed by atoms with Gasteiger partial charge in [0.15, 0.2) is 5.92 Å². The van der Waals surface area contributed by atoms with Gasteiger partial charge in [0.1, 0.15) is 0 Å². The van der Waals surface area contributed by atoms with E-state index in [9.17, 15) is 9.59 Å². The molecule has 0 fully saturated rings. The number of ether oxygens (including phenoxy) is 2. The molecule has 0 heterocycles. The minimum Gasteiger partial charge on any atom is -0.468 e. The summed E-state index contributed by atoms with van der Waals surface area (Å²) in [6.07, 6.45) is 1.73. The first-order valence-corrected chi connectivity index (χ1v) is 6.97. The average molecular weight is 290 g/mol. The van der Waals surface area contributed by atoms with Gasteiger partial charge in [-0.05, 0) is 24.5 Å². The molecule has 1 aromatic carbocycles. The molecule has 0 aromatic heterocycles. The van der Waals surface area contributed by atoms with Crippen LogP contribution in [0.3, 0.4) is 0 Å². The first-order chi connectivity index (χ1) is 10.1. The highest BCUT2D eigenvalue weighted by molar-refractivity contribution is 6.07. The Kier molecular flexibility index (Phi) is 6.66. The van der Waals surface area contributed by atoms with Crippen molar-refractivity contribution >= 4 is 17.5 Å². The molecule has 0 saturated heterocycles. The topological polar surface area (TPSA) is 52.6 Å². The lowest BCUT2D eigenvalue weighted by Gasteiger charge is -2.19. The summed E-state index contributed by atoms with van der Waals surface area (Å²) < 4.78 is 9.58. The SMILES string of the molecule is CCC/C(C)=C(\c1ccccc1)C(C(=O)OC)C(=O)OC. The van der Waals surface area contributed by atoms with E-state index in [2.05, 4.69) is 6.92 Å². The van der Waals surface area contributed by atoms with E-state index in [1.54, 1.807) is 0 Å². The standard InChI is InChI=1S/C17H22O4/c1-5-9-12(2)14(13-10-7-6-8-11-13)15(16(18)20-3)17(19)21-4/h6-8,10-11,15H,5,9H2,1-4H3/b14-12+. The maximum atomic E-state index is 12.1. The molecule has 0 bridgehead atoms. The third-order valence-corrected chi connectivity index (χ3v) is 3.33. The lowest BCUT2D eigenvalue weighted by Crippen LogP contribution is -2.28. The fourth-order valence-electron chi connectivity index (χ4n) is 2.35. The number of carbonyl (C=O) groups is 2. The lowest BCUT2D eigenvalue weighted by molar-refractivity contribution is -0.155. The van der Waals surface area contributed by atoms with Crippen LogP contribution in [0, 0.1) is 5.92 Å². The first kappa shape index (κ1) is 17.0. The third-order valence-electron chi connectivity index (χ3n) is 3.33. The summed E-state index contributed by atoms with van der Waals surface area (Å²) in [5, 5.41) is 0. The van der Waals surface area contributed by atoms with Gasteiger partial charge in [-0.2, -0.15) is 0 Å². The summed E-state index contributed by atoms with van der Waals surface area (Å²) in [6, 6.07) is 9.41. The van der Waals surface area contributed by atoms with Gasteiger partial charge in [0, 0.05) is 0 Å². The van der Waals surface area contributed by atoms with Crippen molar-refractivity contribution in [2.24, 2.45) is 5.92 Å². The predicted octanol–water partition coefficient (Wildman–Crippen LogP) is 3.22. The molecule has 0 saturated carbocycles. The number of methoxy groups -OCH3 is 2. The van der Waals surface area contributed by atoms with Crippen LogP contribution in [0.25, 0.3) is 5.57 Å². The van der Waals surface area contributed by atoms with Gasteiger partial charge in [-0.15, -0.1) is 0 Å². The van der Waals surface area contributed by atoms with Crippen LogP contribution in [0.2, 0.25) is 0 Å². The maximum absolute atomic E-state index is 12.1. The Balaban J connectivity index is 3.43. The smallest absolute Gasteiger partial charge is 0.324 e. The first-order valence-electron chi connectivity index (χ1n) is 6.97. The predicted molar refractivity (Wildman–Crippen MR) is 81.5 cm³/mol. The number of allylic oxidation sites excluding steroid dienone is 1. The van der Waals surface area contributed by atoms with Crippen LogP contribution in [0.15, 0.2) is 35.9 Å². The van der Waals surface area contributed by atoms with E-state index in [-0.39, 0.29) is 0 Å². The summed E-state index contributed by atoms with van der Waals surface area (Å²) >= 11 is 0. The van der Waals surface area contributed by atoms with Gasteiger partial charge in [0.25, 0.3) is 0 Å². The minimum atomic E-state index is -1.05. The second kappa shape index (κ2) is 8.25. The van der Waals surface area contributed by atoms with Gasteiger partial charge in [-0.1, -0.05) is 49.2 Å². The molecule has 0 atom stereocenters. The Bertz CT molecular complexity index is 501. The Morgan fingerprint density at radius 3 is 2.00 bits per heavy atom. The monoisotopic (exact) mass is 290 g/mol. The highest BCUT2D eigenvalue weighted by atomic mass is 16.5.